The molecule has 168 valence electrons. The summed E-state index contributed by atoms with van der Waals surface area (Å²) in [6.07, 6.45) is 0. The average molecular weight is 520 g/mol. The lowest BCUT2D eigenvalue weighted by Crippen LogP contribution is -2.25. The van der Waals surface area contributed by atoms with E-state index in [2.05, 4.69) is 31.6 Å². The minimum absolute atomic E-state index is 0.0766. The molecule has 0 bridgehead atoms. The highest BCUT2D eigenvalue weighted by molar-refractivity contribution is 9.10. The predicted octanol–water partition coefficient (Wildman–Crippen LogP) is 5.04. The molecule has 3 aromatic rings. The number of nitrogens with zero attached hydrogens (tertiary/aromatic N) is 3. The Hall–Kier alpha value is -2.84. The van der Waals surface area contributed by atoms with Crippen molar-refractivity contribution in [2.45, 2.75) is 33.9 Å². The predicted molar refractivity (Wildman–Crippen MR) is 129 cm³/mol. The number of carbonyl (C=O) groups excluding carboxylic acids is 1. The molecular weight excluding hydrogens is 496 g/mol. The maximum absolute atomic E-state index is 12.3. The monoisotopic (exact) mass is 518 g/mol. The summed E-state index contributed by atoms with van der Waals surface area (Å²) in [6.45, 7) is 5.98. The summed E-state index contributed by atoms with van der Waals surface area (Å²) in [5.41, 5.74) is 6.60. The molecule has 7 nitrogen and oxygen atoms in total. The molecule has 9 heteroatoms. The number of hydrogen-bond acceptors (Lipinski definition) is 5. The Bertz CT molecular complexity index is 1160. The van der Waals surface area contributed by atoms with E-state index >= 15 is 0 Å². The summed E-state index contributed by atoms with van der Waals surface area (Å²) in [4.78, 5) is 12.3. The van der Waals surface area contributed by atoms with Crippen molar-refractivity contribution in [3.05, 3.63) is 74.5 Å². The van der Waals surface area contributed by atoms with Crippen LogP contribution in [0.4, 0.5) is 0 Å². The van der Waals surface area contributed by atoms with Crippen LogP contribution < -0.4 is 14.9 Å². The number of aromatic nitrogens is 2. The van der Waals surface area contributed by atoms with Gasteiger partial charge in [-0.2, -0.15) is 10.2 Å². The lowest BCUT2D eigenvalue weighted by atomic mass is 10.1. The van der Waals surface area contributed by atoms with E-state index in [4.69, 9.17) is 21.1 Å². The summed E-state index contributed by atoms with van der Waals surface area (Å²) >= 11 is 9.65. The van der Waals surface area contributed by atoms with Gasteiger partial charge >= 0.3 is 0 Å². The van der Waals surface area contributed by atoms with Gasteiger partial charge in [-0.15, -0.1) is 0 Å². The van der Waals surface area contributed by atoms with Crippen molar-refractivity contribution in [1.82, 2.24) is 15.2 Å². The number of methoxy groups -OCH3 is 1. The number of hydrogen-bond donors (Lipinski definition) is 1. The zero-order valence-corrected chi connectivity index (χ0v) is 20.6. The number of nitrogens with one attached hydrogen (secondary N) is 1. The van der Waals surface area contributed by atoms with Crippen LogP contribution in [0.15, 0.2) is 52.0 Å². The number of amides is 1. The van der Waals surface area contributed by atoms with Gasteiger partial charge in [0, 0.05) is 16.1 Å². The molecular formula is C23H24BrClN4O3. The number of carbonyl (C=O) groups is 1. The minimum atomic E-state index is -0.269. The van der Waals surface area contributed by atoms with Crippen LogP contribution in [0.3, 0.4) is 0 Å². The van der Waals surface area contributed by atoms with E-state index in [1.54, 1.807) is 24.8 Å². The second kappa shape index (κ2) is 10.7. The summed E-state index contributed by atoms with van der Waals surface area (Å²) in [6, 6.07) is 13.0. The van der Waals surface area contributed by atoms with Crippen LogP contribution in [0.2, 0.25) is 5.02 Å². The molecule has 0 fully saturated rings. The summed E-state index contributed by atoms with van der Waals surface area (Å²) in [5, 5.41) is 9.19. The first-order valence-corrected chi connectivity index (χ1v) is 11.0. The van der Waals surface area contributed by atoms with Crippen LogP contribution in [0, 0.1) is 13.8 Å². The molecule has 1 amide bonds. The topological polar surface area (TPSA) is 77.7 Å². The number of halogens is 2. The SMILES string of the molecule is COc1cc(C(C)=NNC(=O)Cn2nc(C)c(Br)c2C)ccc1OCc1ccccc1Cl. The van der Waals surface area contributed by atoms with Crippen molar-refractivity contribution in [2.75, 3.05) is 7.11 Å². The van der Waals surface area contributed by atoms with Crippen molar-refractivity contribution in [1.29, 1.82) is 0 Å². The molecule has 0 aliphatic rings. The molecule has 0 saturated heterocycles. The third-order valence-corrected chi connectivity index (χ3v) is 6.37. The maximum atomic E-state index is 12.3. The Morgan fingerprint density at radius 2 is 1.97 bits per heavy atom. The van der Waals surface area contributed by atoms with Crippen molar-refractivity contribution in [2.24, 2.45) is 5.10 Å². The van der Waals surface area contributed by atoms with E-state index in [1.807, 2.05) is 50.2 Å². The normalized spacial score (nSPS) is 11.4. The molecule has 1 heterocycles. The quantitative estimate of drug-likeness (QED) is 0.334. The number of rotatable bonds is 8. The van der Waals surface area contributed by atoms with Crippen LogP contribution in [0.1, 0.15) is 29.4 Å². The smallest absolute Gasteiger partial charge is 0.261 e. The lowest BCUT2D eigenvalue weighted by Gasteiger charge is -2.13. The largest absolute Gasteiger partial charge is 0.493 e. The number of aryl methyl sites for hydroxylation is 1. The fourth-order valence-electron chi connectivity index (χ4n) is 2.99. The average Bonchev–Trinajstić information content (AvgIpc) is 3.03. The van der Waals surface area contributed by atoms with Crippen LogP contribution >= 0.6 is 27.5 Å². The van der Waals surface area contributed by atoms with E-state index in [9.17, 15) is 4.79 Å². The third kappa shape index (κ3) is 5.69. The van der Waals surface area contributed by atoms with Gasteiger partial charge in [0.25, 0.3) is 5.91 Å². The van der Waals surface area contributed by atoms with Crippen LogP contribution in [0.25, 0.3) is 0 Å². The molecule has 1 aromatic heterocycles. The van der Waals surface area contributed by atoms with E-state index < -0.39 is 0 Å². The third-order valence-electron chi connectivity index (χ3n) is 4.86. The number of benzene rings is 2. The van der Waals surface area contributed by atoms with Crippen molar-refractivity contribution < 1.29 is 14.3 Å². The first-order chi connectivity index (χ1) is 15.3. The van der Waals surface area contributed by atoms with Crippen molar-refractivity contribution >= 4 is 39.1 Å². The highest BCUT2D eigenvalue weighted by atomic mass is 79.9. The maximum Gasteiger partial charge on any atom is 0.261 e. The van der Waals surface area contributed by atoms with Gasteiger partial charge < -0.3 is 9.47 Å². The fraction of sp³-hybridized carbons (Fsp3) is 0.261. The Labute approximate surface area is 200 Å². The van der Waals surface area contributed by atoms with Gasteiger partial charge in [-0.1, -0.05) is 29.8 Å². The minimum Gasteiger partial charge on any atom is -0.493 e. The highest BCUT2D eigenvalue weighted by Gasteiger charge is 2.12. The van der Waals surface area contributed by atoms with Gasteiger partial charge in [-0.05, 0) is 61.0 Å². The highest BCUT2D eigenvalue weighted by Crippen LogP contribution is 2.30. The lowest BCUT2D eigenvalue weighted by molar-refractivity contribution is -0.121. The van der Waals surface area contributed by atoms with Crippen molar-refractivity contribution in [3.63, 3.8) is 0 Å². The second-order valence-corrected chi connectivity index (χ2v) is 8.32. The Morgan fingerprint density at radius 3 is 2.62 bits per heavy atom. The fourth-order valence-corrected chi connectivity index (χ4v) is 3.47. The van der Waals surface area contributed by atoms with Gasteiger partial charge in [-0.3, -0.25) is 9.48 Å². The molecule has 1 N–H and O–H groups in total. The molecule has 0 spiro atoms. The van der Waals surface area contributed by atoms with Gasteiger partial charge in [0.2, 0.25) is 0 Å². The molecule has 32 heavy (non-hydrogen) atoms. The Morgan fingerprint density at radius 1 is 1.22 bits per heavy atom. The zero-order valence-electron chi connectivity index (χ0n) is 18.3. The molecule has 0 saturated carbocycles. The van der Waals surface area contributed by atoms with Gasteiger partial charge in [0.05, 0.1) is 28.7 Å². The summed E-state index contributed by atoms with van der Waals surface area (Å²) in [5.74, 6) is 0.875. The van der Waals surface area contributed by atoms with E-state index in [1.165, 1.54) is 0 Å². The standard InChI is InChI=1S/C23H24BrClN4O3/c1-14(26-27-22(30)12-29-16(3)23(24)15(2)28-29)17-9-10-20(21(11-17)31-4)32-13-18-7-5-6-8-19(18)25/h5-11H,12-13H2,1-4H3,(H,27,30). The molecule has 0 radical (unpaired) electrons. The Kier molecular flexibility index (Phi) is 7.93. The van der Waals surface area contributed by atoms with Gasteiger partial charge in [0.15, 0.2) is 11.5 Å². The summed E-state index contributed by atoms with van der Waals surface area (Å²) in [7, 11) is 1.57. The molecule has 0 aliphatic carbocycles. The zero-order chi connectivity index (χ0) is 23.3. The van der Waals surface area contributed by atoms with Crippen LogP contribution in [-0.4, -0.2) is 28.5 Å². The first-order valence-electron chi connectivity index (χ1n) is 9.87. The second-order valence-electron chi connectivity index (χ2n) is 7.12. The first kappa shape index (κ1) is 23.8. The Balaban J connectivity index is 1.66. The molecule has 2 aromatic carbocycles. The number of hydrazone groups is 1. The summed E-state index contributed by atoms with van der Waals surface area (Å²) < 4.78 is 13.9. The molecule has 0 aliphatic heterocycles. The van der Waals surface area contributed by atoms with Crippen molar-refractivity contribution in [3.8, 4) is 11.5 Å². The molecule has 3 rings (SSSR count). The van der Waals surface area contributed by atoms with E-state index in [-0.39, 0.29) is 12.5 Å². The molecule has 0 unspecified atom stereocenters. The van der Waals surface area contributed by atoms with Gasteiger partial charge in [-0.25, -0.2) is 5.43 Å². The van der Waals surface area contributed by atoms with Crippen LogP contribution in [0.5, 0.6) is 11.5 Å². The van der Waals surface area contributed by atoms with Crippen LogP contribution in [-0.2, 0) is 17.9 Å². The molecule has 0 atom stereocenters. The van der Waals surface area contributed by atoms with E-state index in [0.29, 0.717) is 28.8 Å². The van der Waals surface area contributed by atoms with E-state index in [0.717, 1.165) is 27.0 Å². The van der Waals surface area contributed by atoms with Gasteiger partial charge in [0.1, 0.15) is 13.2 Å². The number of ether oxygens (including phenoxy) is 2.